The van der Waals surface area contributed by atoms with Crippen LogP contribution < -0.4 is 0 Å². The number of rotatable bonds is 2. The van der Waals surface area contributed by atoms with E-state index in [2.05, 4.69) is 43.6 Å². The van der Waals surface area contributed by atoms with Crippen LogP contribution in [0.1, 0.15) is 15.3 Å². The molecule has 6 heteroatoms. The maximum atomic E-state index is 5.91. The molecule has 0 amide bonds. The highest BCUT2D eigenvalue weighted by molar-refractivity contribution is 14.1. The third kappa shape index (κ3) is 2.40. The van der Waals surface area contributed by atoms with Crippen molar-refractivity contribution < 1.29 is 0 Å². The van der Waals surface area contributed by atoms with E-state index in [1.165, 1.54) is 10.4 Å². The quantitative estimate of drug-likeness (QED) is 0.528. The van der Waals surface area contributed by atoms with Gasteiger partial charge in [0.2, 0.25) is 0 Å². The molecule has 0 bridgehead atoms. The van der Waals surface area contributed by atoms with Gasteiger partial charge in [-0.3, -0.25) is 4.68 Å². The van der Waals surface area contributed by atoms with E-state index in [9.17, 15) is 0 Å². The first-order valence-corrected chi connectivity index (χ1v) is 7.35. The molecule has 80 valence electrons. The van der Waals surface area contributed by atoms with Gasteiger partial charge >= 0.3 is 0 Å². The summed E-state index contributed by atoms with van der Waals surface area (Å²) in [4.78, 5) is 1.38. The Hall–Kier alpha value is 0.410. The molecule has 0 aliphatic rings. The van der Waals surface area contributed by atoms with Crippen LogP contribution in [0.25, 0.3) is 0 Å². The Balaban J connectivity index is 2.36. The van der Waals surface area contributed by atoms with Crippen molar-refractivity contribution in [3.63, 3.8) is 0 Å². The largest absolute Gasteiger partial charge is 0.262 e. The average molecular weight is 417 g/mol. The molecule has 0 aliphatic heterocycles. The minimum absolute atomic E-state index is 0.176. The van der Waals surface area contributed by atoms with Gasteiger partial charge in [-0.15, -0.1) is 11.3 Å². The summed E-state index contributed by atoms with van der Waals surface area (Å²) in [6.07, 6.45) is 1.88. The first-order chi connectivity index (χ1) is 7.09. The number of hydrogen-bond donors (Lipinski definition) is 0. The van der Waals surface area contributed by atoms with Crippen LogP contribution in [0.15, 0.2) is 18.3 Å². The first-order valence-electron chi connectivity index (χ1n) is 4.16. The summed E-state index contributed by atoms with van der Waals surface area (Å²) in [6, 6.07) is 3.95. The molecule has 2 heterocycles. The lowest BCUT2D eigenvalue weighted by Crippen LogP contribution is -1.95. The molecule has 1 atom stereocenters. The molecular weight excluding hydrogens is 410 g/mol. The van der Waals surface area contributed by atoms with E-state index in [1.54, 1.807) is 11.3 Å². The highest BCUT2D eigenvalue weighted by Gasteiger charge is 2.18. The second-order valence-corrected chi connectivity index (χ2v) is 6.70. The van der Waals surface area contributed by atoms with Crippen molar-refractivity contribution in [1.29, 1.82) is 0 Å². The molecule has 0 fully saturated rings. The highest BCUT2D eigenvalue weighted by Crippen LogP contribution is 2.38. The second-order valence-electron chi connectivity index (χ2n) is 3.02. The molecule has 2 aromatic heterocycles. The summed E-state index contributed by atoms with van der Waals surface area (Å²) < 4.78 is 3.81. The first kappa shape index (κ1) is 11.9. The number of aromatic nitrogens is 2. The zero-order valence-corrected chi connectivity index (χ0v) is 13.1. The summed E-state index contributed by atoms with van der Waals surface area (Å²) >= 11 is 13.5. The monoisotopic (exact) mass is 416 g/mol. The Bertz CT molecular complexity index is 482. The number of hydrogen-bond acceptors (Lipinski definition) is 2. The summed E-state index contributed by atoms with van der Waals surface area (Å²) in [6.45, 7) is 0. The van der Waals surface area contributed by atoms with E-state index >= 15 is 0 Å². The van der Waals surface area contributed by atoms with Crippen LogP contribution in [-0.2, 0) is 7.05 Å². The van der Waals surface area contributed by atoms with Crippen molar-refractivity contribution in [3.05, 3.63) is 36.8 Å². The van der Waals surface area contributed by atoms with Gasteiger partial charge in [0.1, 0.15) is 3.70 Å². The van der Waals surface area contributed by atoms with Crippen LogP contribution >= 0.6 is 61.5 Å². The number of alkyl halides is 1. The fraction of sp³-hybridized carbons (Fsp3) is 0.222. The van der Waals surface area contributed by atoms with Gasteiger partial charge in [0.15, 0.2) is 0 Å². The standard InChI is InChI=1S/C9H7BrClIN2S/c1-14-9(12)5(4-13-14)8(10)6-2-3-7(11)15-6/h2-4,8H,1H3. The molecule has 15 heavy (non-hydrogen) atoms. The van der Waals surface area contributed by atoms with Crippen LogP contribution in [0.2, 0.25) is 4.34 Å². The van der Waals surface area contributed by atoms with Crippen molar-refractivity contribution in [3.8, 4) is 0 Å². The van der Waals surface area contributed by atoms with Gasteiger partial charge in [-0.1, -0.05) is 27.5 Å². The van der Waals surface area contributed by atoms with Crippen molar-refractivity contribution in [2.24, 2.45) is 7.05 Å². The summed E-state index contributed by atoms with van der Waals surface area (Å²) in [7, 11) is 1.94. The fourth-order valence-electron chi connectivity index (χ4n) is 1.23. The maximum absolute atomic E-state index is 5.91. The molecule has 2 rings (SSSR count). The van der Waals surface area contributed by atoms with Crippen LogP contribution in [0.3, 0.4) is 0 Å². The highest BCUT2D eigenvalue weighted by atomic mass is 127. The van der Waals surface area contributed by atoms with Gasteiger partial charge in [0.05, 0.1) is 15.4 Å². The van der Waals surface area contributed by atoms with E-state index in [1.807, 2.05) is 30.1 Å². The van der Waals surface area contributed by atoms with Crippen molar-refractivity contribution in [2.45, 2.75) is 4.83 Å². The zero-order valence-electron chi connectivity index (χ0n) is 7.75. The third-order valence-corrected chi connectivity index (χ3v) is 5.92. The molecule has 0 aromatic carbocycles. The van der Waals surface area contributed by atoms with Crippen LogP contribution in [0.5, 0.6) is 0 Å². The number of thiophene rings is 1. The smallest absolute Gasteiger partial charge is 0.103 e. The molecule has 0 saturated heterocycles. The van der Waals surface area contributed by atoms with Crippen molar-refractivity contribution >= 4 is 61.5 Å². The Kier molecular flexibility index (Phi) is 3.75. The van der Waals surface area contributed by atoms with Gasteiger partial charge in [-0.25, -0.2) is 0 Å². The molecule has 0 N–H and O–H groups in total. The van der Waals surface area contributed by atoms with E-state index in [-0.39, 0.29) is 4.83 Å². The maximum Gasteiger partial charge on any atom is 0.103 e. The Morgan fingerprint density at radius 3 is 2.80 bits per heavy atom. The molecular formula is C9H7BrClIN2S. The molecule has 0 radical (unpaired) electrons. The SMILES string of the molecule is Cn1ncc(C(Br)c2ccc(Cl)s2)c1I. The van der Waals surface area contributed by atoms with Crippen LogP contribution in [0, 0.1) is 3.70 Å². The van der Waals surface area contributed by atoms with Gasteiger partial charge in [-0.2, -0.15) is 5.10 Å². The fourth-order valence-corrected chi connectivity index (χ4v) is 4.06. The van der Waals surface area contributed by atoms with Gasteiger partial charge < -0.3 is 0 Å². The predicted octanol–water partition coefficient (Wildman–Crippen LogP) is 4.22. The molecule has 0 aliphatic carbocycles. The van der Waals surface area contributed by atoms with Crippen molar-refractivity contribution in [1.82, 2.24) is 9.78 Å². The zero-order chi connectivity index (χ0) is 11.0. The Morgan fingerprint density at radius 1 is 1.60 bits per heavy atom. The minimum Gasteiger partial charge on any atom is -0.262 e. The normalized spacial score (nSPS) is 13.1. The van der Waals surface area contributed by atoms with Gasteiger partial charge in [0, 0.05) is 17.5 Å². The van der Waals surface area contributed by atoms with E-state index in [4.69, 9.17) is 11.6 Å². The minimum atomic E-state index is 0.176. The van der Waals surface area contributed by atoms with E-state index in [0.717, 1.165) is 8.04 Å². The molecule has 0 saturated carbocycles. The predicted molar refractivity (Wildman–Crippen MR) is 76.0 cm³/mol. The molecule has 2 aromatic rings. The third-order valence-electron chi connectivity index (χ3n) is 2.01. The lowest BCUT2D eigenvalue weighted by atomic mass is 10.2. The number of aryl methyl sites for hydroxylation is 1. The molecule has 1 unspecified atom stereocenters. The number of nitrogens with zero attached hydrogens (tertiary/aromatic N) is 2. The Labute approximate surface area is 119 Å². The Morgan fingerprint density at radius 2 is 2.33 bits per heavy atom. The summed E-state index contributed by atoms with van der Waals surface area (Å²) in [5.41, 5.74) is 1.18. The lowest BCUT2D eigenvalue weighted by Gasteiger charge is -2.05. The molecule has 2 nitrogen and oxygen atoms in total. The summed E-state index contributed by atoms with van der Waals surface area (Å²) in [5, 5.41) is 4.22. The van der Waals surface area contributed by atoms with Crippen LogP contribution in [0.4, 0.5) is 0 Å². The number of halogens is 3. The second kappa shape index (κ2) is 4.73. The van der Waals surface area contributed by atoms with E-state index in [0.29, 0.717) is 0 Å². The van der Waals surface area contributed by atoms with Crippen LogP contribution in [-0.4, -0.2) is 9.78 Å². The van der Waals surface area contributed by atoms with Crippen molar-refractivity contribution in [2.75, 3.05) is 0 Å². The van der Waals surface area contributed by atoms with Gasteiger partial charge in [-0.05, 0) is 34.7 Å². The van der Waals surface area contributed by atoms with E-state index < -0.39 is 0 Å². The topological polar surface area (TPSA) is 17.8 Å². The van der Waals surface area contributed by atoms with Gasteiger partial charge in [0.25, 0.3) is 0 Å². The lowest BCUT2D eigenvalue weighted by molar-refractivity contribution is 0.746. The molecule has 0 spiro atoms. The summed E-state index contributed by atoms with van der Waals surface area (Å²) in [5.74, 6) is 0. The average Bonchev–Trinajstić information content (AvgIpc) is 2.75.